The van der Waals surface area contributed by atoms with Gasteiger partial charge in [-0.05, 0) is 38.5 Å². The number of ether oxygens (including phenoxy) is 2. The van der Waals surface area contributed by atoms with Crippen LogP contribution in [0.5, 0.6) is 0 Å². The lowest BCUT2D eigenvalue weighted by Gasteiger charge is -2.38. The molecule has 1 aliphatic carbocycles. The number of hydrogen-bond acceptors (Lipinski definition) is 4. The van der Waals surface area contributed by atoms with Gasteiger partial charge in [0.25, 0.3) is 0 Å². The number of nitrogens with two attached hydrogens (primary N) is 1. The smallest absolute Gasteiger partial charge is 0.152 e. The second kappa shape index (κ2) is 6.82. The van der Waals surface area contributed by atoms with Crippen LogP contribution in [0.3, 0.4) is 0 Å². The molecule has 2 aliphatic rings. The first-order valence-electron chi connectivity index (χ1n) is 7.59. The molecule has 2 rings (SSSR count). The molecule has 2 N–H and O–H groups in total. The summed E-state index contributed by atoms with van der Waals surface area (Å²) in [5, 5.41) is 0. The third-order valence-corrected chi connectivity index (χ3v) is 4.64. The van der Waals surface area contributed by atoms with Crippen molar-refractivity contribution in [2.45, 2.75) is 63.0 Å². The molecule has 2 fully saturated rings. The Hall–Kier alpha value is -0.450. The summed E-state index contributed by atoms with van der Waals surface area (Å²) in [6.45, 7) is 1.40. The molecule has 4 heteroatoms. The summed E-state index contributed by atoms with van der Waals surface area (Å²) in [7, 11) is 1.68. The van der Waals surface area contributed by atoms with Crippen molar-refractivity contribution in [1.82, 2.24) is 0 Å². The van der Waals surface area contributed by atoms with Gasteiger partial charge in [0.2, 0.25) is 0 Å². The van der Waals surface area contributed by atoms with Crippen LogP contribution in [0, 0.1) is 5.92 Å². The van der Waals surface area contributed by atoms with Crippen molar-refractivity contribution in [2.75, 3.05) is 20.3 Å². The zero-order valence-corrected chi connectivity index (χ0v) is 12.0. The van der Waals surface area contributed by atoms with E-state index in [1.807, 2.05) is 0 Å². The number of rotatable bonds is 6. The Morgan fingerprint density at radius 2 is 2.21 bits per heavy atom. The van der Waals surface area contributed by atoms with Gasteiger partial charge in [0.1, 0.15) is 0 Å². The lowest BCUT2D eigenvalue weighted by molar-refractivity contribution is -0.137. The van der Waals surface area contributed by atoms with E-state index in [0.717, 1.165) is 45.1 Å². The Kier molecular flexibility index (Phi) is 5.37. The fourth-order valence-electron chi connectivity index (χ4n) is 3.53. The third kappa shape index (κ3) is 3.77. The summed E-state index contributed by atoms with van der Waals surface area (Å²) >= 11 is 0. The summed E-state index contributed by atoms with van der Waals surface area (Å²) in [6.07, 6.45) is 8.05. The Bertz CT molecular complexity index is 300. The van der Waals surface area contributed by atoms with E-state index < -0.39 is 0 Å². The first kappa shape index (κ1) is 14.9. The van der Waals surface area contributed by atoms with E-state index in [-0.39, 0.29) is 23.3 Å². The van der Waals surface area contributed by atoms with Crippen LogP contribution in [-0.2, 0) is 14.3 Å². The van der Waals surface area contributed by atoms with Crippen LogP contribution < -0.4 is 5.73 Å². The molecule has 0 aromatic carbocycles. The van der Waals surface area contributed by atoms with E-state index in [1.54, 1.807) is 7.11 Å². The lowest BCUT2D eigenvalue weighted by Crippen LogP contribution is -2.44. The maximum atomic E-state index is 12.4. The zero-order valence-electron chi connectivity index (χ0n) is 12.0. The molecule has 0 amide bonds. The van der Waals surface area contributed by atoms with Gasteiger partial charge in [-0.1, -0.05) is 12.8 Å². The predicted octanol–water partition coefficient (Wildman–Crippen LogP) is 2.05. The van der Waals surface area contributed by atoms with Crippen molar-refractivity contribution in [2.24, 2.45) is 11.7 Å². The first-order valence-corrected chi connectivity index (χ1v) is 7.59. The number of carbonyl (C=O) groups is 1. The normalized spacial score (nSPS) is 27.6. The molecular formula is C15H27NO3. The number of methoxy groups -OCH3 is 1. The highest BCUT2D eigenvalue weighted by Gasteiger charge is 2.42. The van der Waals surface area contributed by atoms with E-state index in [4.69, 9.17) is 15.2 Å². The molecule has 0 aromatic rings. The molecular weight excluding hydrogens is 242 g/mol. The third-order valence-electron chi connectivity index (χ3n) is 4.64. The van der Waals surface area contributed by atoms with E-state index in [9.17, 15) is 4.79 Å². The summed E-state index contributed by atoms with van der Waals surface area (Å²) in [4.78, 5) is 12.4. The average molecular weight is 269 g/mol. The predicted molar refractivity (Wildman–Crippen MR) is 74.0 cm³/mol. The van der Waals surface area contributed by atoms with Gasteiger partial charge in [0, 0.05) is 26.2 Å². The minimum absolute atomic E-state index is 0.00479. The Labute approximate surface area is 116 Å². The van der Waals surface area contributed by atoms with Crippen LogP contribution in [-0.4, -0.2) is 37.7 Å². The SMILES string of the molecule is COCCCC(N)C(=O)C1CCOC2(CCCC2)C1. The number of hydrogen-bond donors (Lipinski definition) is 1. The van der Waals surface area contributed by atoms with Gasteiger partial charge < -0.3 is 15.2 Å². The molecule has 1 spiro atoms. The molecule has 0 radical (unpaired) electrons. The molecule has 0 bridgehead atoms. The van der Waals surface area contributed by atoms with Crippen molar-refractivity contribution in [3.63, 3.8) is 0 Å². The Balaban J connectivity index is 1.84. The van der Waals surface area contributed by atoms with Gasteiger partial charge in [0.05, 0.1) is 11.6 Å². The van der Waals surface area contributed by atoms with Crippen LogP contribution in [0.2, 0.25) is 0 Å². The van der Waals surface area contributed by atoms with Crippen molar-refractivity contribution in [3.05, 3.63) is 0 Å². The van der Waals surface area contributed by atoms with E-state index >= 15 is 0 Å². The maximum Gasteiger partial charge on any atom is 0.152 e. The second-order valence-corrected chi connectivity index (χ2v) is 6.07. The Morgan fingerprint density at radius 3 is 2.89 bits per heavy atom. The first-order chi connectivity index (χ1) is 9.17. The van der Waals surface area contributed by atoms with Crippen LogP contribution in [0.15, 0.2) is 0 Å². The average Bonchev–Trinajstić information content (AvgIpc) is 2.86. The van der Waals surface area contributed by atoms with Crippen LogP contribution in [0.1, 0.15) is 51.4 Å². The van der Waals surface area contributed by atoms with Gasteiger partial charge in [-0.2, -0.15) is 0 Å². The van der Waals surface area contributed by atoms with E-state index in [0.29, 0.717) is 6.61 Å². The standard InChI is InChI=1S/C15H27NO3/c1-18-9-4-5-13(16)14(17)12-6-10-19-15(11-12)7-2-3-8-15/h12-13H,2-11,16H2,1H3. The molecule has 19 heavy (non-hydrogen) atoms. The second-order valence-electron chi connectivity index (χ2n) is 6.07. The van der Waals surface area contributed by atoms with Crippen molar-refractivity contribution >= 4 is 5.78 Å². The summed E-state index contributed by atoms with van der Waals surface area (Å²) < 4.78 is 11.0. The van der Waals surface area contributed by atoms with Gasteiger partial charge in [-0.25, -0.2) is 0 Å². The fraction of sp³-hybridized carbons (Fsp3) is 0.933. The minimum atomic E-state index is -0.322. The van der Waals surface area contributed by atoms with Gasteiger partial charge in [0.15, 0.2) is 5.78 Å². The highest BCUT2D eigenvalue weighted by Crippen LogP contribution is 2.42. The van der Waals surface area contributed by atoms with Crippen molar-refractivity contribution in [1.29, 1.82) is 0 Å². The number of ketones is 1. The molecule has 4 nitrogen and oxygen atoms in total. The molecule has 1 aliphatic heterocycles. The van der Waals surface area contributed by atoms with E-state index in [1.165, 1.54) is 12.8 Å². The lowest BCUT2D eigenvalue weighted by atomic mass is 9.80. The molecule has 2 unspecified atom stereocenters. The number of carbonyl (C=O) groups excluding carboxylic acids is 1. The monoisotopic (exact) mass is 269 g/mol. The summed E-state index contributed by atoms with van der Waals surface area (Å²) in [6, 6.07) is -0.322. The molecule has 110 valence electrons. The minimum Gasteiger partial charge on any atom is -0.385 e. The topological polar surface area (TPSA) is 61.5 Å². The zero-order chi connectivity index (χ0) is 13.7. The summed E-state index contributed by atoms with van der Waals surface area (Å²) in [5.74, 6) is 0.357. The molecule has 1 saturated heterocycles. The fourth-order valence-corrected chi connectivity index (χ4v) is 3.53. The molecule has 1 heterocycles. The van der Waals surface area contributed by atoms with Crippen LogP contribution in [0.25, 0.3) is 0 Å². The highest BCUT2D eigenvalue weighted by molar-refractivity contribution is 5.86. The largest absolute Gasteiger partial charge is 0.385 e. The van der Waals surface area contributed by atoms with Gasteiger partial charge in [-0.15, -0.1) is 0 Å². The summed E-state index contributed by atoms with van der Waals surface area (Å²) in [5.41, 5.74) is 6.03. The number of Topliss-reactive ketones (excluding diaryl/α,β-unsaturated/α-hetero) is 1. The van der Waals surface area contributed by atoms with Crippen molar-refractivity contribution < 1.29 is 14.3 Å². The van der Waals surface area contributed by atoms with Crippen molar-refractivity contribution in [3.8, 4) is 0 Å². The van der Waals surface area contributed by atoms with Crippen LogP contribution in [0.4, 0.5) is 0 Å². The molecule has 0 aromatic heterocycles. The van der Waals surface area contributed by atoms with Gasteiger partial charge >= 0.3 is 0 Å². The van der Waals surface area contributed by atoms with Crippen LogP contribution >= 0.6 is 0 Å². The quantitative estimate of drug-likeness (QED) is 0.750. The maximum absolute atomic E-state index is 12.4. The van der Waals surface area contributed by atoms with E-state index in [2.05, 4.69) is 0 Å². The highest BCUT2D eigenvalue weighted by atomic mass is 16.5. The Morgan fingerprint density at radius 1 is 1.47 bits per heavy atom. The molecule has 1 saturated carbocycles. The molecule has 2 atom stereocenters. The van der Waals surface area contributed by atoms with Gasteiger partial charge in [-0.3, -0.25) is 4.79 Å².